The highest BCUT2D eigenvalue weighted by atomic mass is 16.3. The maximum Gasteiger partial charge on any atom is 0.220 e. The SMILES string of the molecule is CC(=O)N1[C@@H]2C[C@@H]3[C@H]4CC=C5C[C@@H](O)CC[C@]5(C)[C@H]4CC[C@]3(C)[C@@]21C(C)=O. The van der Waals surface area contributed by atoms with E-state index in [4.69, 9.17) is 0 Å². The highest BCUT2D eigenvalue weighted by molar-refractivity contribution is 5.99. The van der Waals surface area contributed by atoms with Crippen molar-refractivity contribution >= 4 is 11.7 Å². The quantitative estimate of drug-likeness (QED) is 0.567. The highest BCUT2D eigenvalue weighted by Gasteiger charge is 2.82. The van der Waals surface area contributed by atoms with E-state index in [0.717, 1.165) is 44.9 Å². The first-order valence-electron chi connectivity index (χ1n) is 10.9. The van der Waals surface area contributed by atoms with Crippen molar-refractivity contribution in [1.82, 2.24) is 4.90 Å². The number of allylic oxidation sites excluding steroid dienone is 1. The summed E-state index contributed by atoms with van der Waals surface area (Å²) in [5.41, 5.74) is 1.11. The molecular weight excluding hydrogens is 338 g/mol. The standard InChI is InChI=1S/C23H33NO3/c1-13(25)23-20(24(23)14(2)26)12-19-17-6-5-15-11-16(27)7-9-21(15,3)18(17)8-10-22(19,23)4/h5,16-20,27H,6-12H2,1-4H3/t16-,17-,18-,19+,20+,21-,22-,23+,24?/m0/s1. The van der Waals surface area contributed by atoms with Crippen LogP contribution < -0.4 is 0 Å². The monoisotopic (exact) mass is 371 g/mol. The van der Waals surface area contributed by atoms with Crippen LogP contribution in [0.25, 0.3) is 0 Å². The van der Waals surface area contributed by atoms with Gasteiger partial charge in [0, 0.05) is 12.3 Å². The van der Waals surface area contributed by atoms with E-state index in [0.29, 0.717) is 17.8 Å². The first kappa shape index (κ1) is 17.9. The molecule has 0 aromatic heterocycles. The molecule has 1 heterocycles. The Morgan fingerprint density at radius 2 is 1.89 bits per heavy atom. The van der Waals surface area contributed by atoms with Gasteiger partial charge in [-0.2, -0.15) is 0 Å². The van der Waals surface area contributed by atoms with Crippen LogP contribution in [0.15, 0.2) is 11.6 Å². The Bertz CT molecular complexity index is 759. The fourth-order valence-electron chi connectivity index (χ4n) is 8.66. The van der Waals surface area contributed by atoms with E-state index in [9.17, 15) is 14.7 Å². The van der Waals surface area contributed by atoms with Crippen LogP contribution in [0, 0.1) is 28.6 Å². The second kappa shape index (κ2) is 5.25. The average molecular weight is 372 g/mol. The van der Waals surface area contributed by atoms with Gasteiger partial charge in [-0.05, 0) is 75.0 Å². The summed E-state index contributed by atoms with van der Waals surface area (Å²) in [5, 5.41) is 10.2. The van der Waals surface area contributed by atoms with Crippen molar-refractivity contribution in [3.63, 3.8) is 0 Å². The molecule has 1 saturated heterocycles. The lowest BCUT2D eigenvalue weighted by Crippen LogP contribution is -2.56. The molecule has 5 rings (SSSR count). The molecule has 5 aliphatic rings. The minimum absolute atomic E-state index is 0.0658. The largest absolute Gasteiger partial charge is 0.393 e. The molecule has 0 aromatic rings. The molecule has 27 heavy (non-hydrogen) atoms. The van der Waals surface area contributed by atoms with Gasteiger partial charge in [0.1, 0.15) is 5.54 Å². The zero-order valence-electron chi connectivity index (χ0n) is 17.1. The molecule has 4 heteroatoms. The zero-order chi connectivity index (χ0) is 19.4. The van der Waals surface area contributed by atoms with Crippen LogP contribution in [0.1, 0.15) is 72.6 Å². The topological polar surface area (TPSA) is 57.4 Å². The van der Waals surface area contributed by atoms with Crippen LogP contribution in [0.2, 0.25) is 0 Å². The molecule has 0 unspecified atom stereocenters. The van der Waals surface area contributed by atoms with Crippen molar-refractivity contribution in [2.24, 2.45) is 28.6 Å². The van der Waals surface area contributed by atoms with Crippen LogP contribution in [0.5, 0.6) is 0 Å². The smallest absolute Gasteiger partial charge is 0.220 e. The molecule has 4 nitrogen and oxygen atoms in total. The normalized spacial score (nSPS) is 52.9. The number of hydrogen-bond acceptors (Lipinski definition) is 3. The van der Waals surface area contributed by atoms with Gasteiger partial charge >= 0.3 is 0 Å². The van der Waals surface area contributed by atoms with Gasteiger partial charge in [-0.3, -0.25) is 9.59 Å². The summed E-state index contributed by atoms with van der Waals surface area (Å²) in [6, 6.07) is 0.132. The summed E-state index contributed by atoms with van der Waals surface area (Å²) in [6.07, 6.45) is 9.39. The number of ketones is 1. The summed E-state index contributed by atoms with van der Waals surface area (Å²) >= 11 is 0. The van der Waals surface area contributed by atoms with Crippen LogP contribution >= 0.6 is 0 Å². The molecular formula is C23H33NO3. The minimum atomic E-state index is -0.526. The third-order valence-corrected chi connectivity index (χ3v) is 9.80. The van der Waals surface area contributed by atoms with Gasteiger partial charge in [0.25, 0.3) is 0 Å². The summed E-state index contributed by atoms with van der Waals surface area (Å²) in [5.74, 6) is 2.07. The van der Waals surface area contributed by atoms with Crippen molar-refractivity contribution in [3.05, 3.63) is 11.6 Å². The van der Waals surface area contributed by atoms with Gasteiger partial charge < -0.3 is 10.0 Å². The van der Waals surface area contributed by atoms with Crippen molar-refractivity contribution in [3.8, 4) is 0 Å². The maximum absolute atomic E-state index is 12.8. The van der Waals surface area contributed by atoms with E-state index in [2.05, 4.69) is 19.9 Å². The number of carbonyl (C=O) groups is 2. The molecule has 4 aliphatic carbocycles. The Labute approximate surface area is 162 Å². The van der Waals surface area contributed by atoms with E-state index in [1.165, 1.54) is 5.57 Å². The Morgan fingerprint density at radius 1 is 1.15 bits per heavy atom. The van der Waals surface area contributed by atoms with Crippen molar-refractivity contribution in [2.45, 2.75) is 90.3 Å². The number of aliphatic hydroxyl groups excluding tert-OH is 1. The Hall–Kier alpha value is -1.16. The number of rotatable bonds is 1. The van der Waals surface area contributed by atoms with Crippen molar-refractivity contribution in [1.29, 1.82) is 0 Å². The number of Topliss-reactive ketones (excluding diaryl/α,β-unsaturated/α-hetero) is 1. The molecule has 4 fully saturated rings. The maximum atomic E-state index is 12.8. The molecule has 0 bridgehead atoms. The molecule has 3 saturated carbocycles. The molecule has 1 amide bonds. The van der Waals surface area contributed by atoms with Crippen LogP contribution in [0.4, 0.5) is 0 Å². The van der Waals surface area contributed by atoms with Crippen LogP contribution in [-0.4, -0.2) is 39.4 Å². The zero-order valence-corrected chi connectivity index (χ0v) is 17.1. The van der Waals surface area contributed by atoms with Crippen LogP contribution in [0.3, 0.4) is 0 Å². The van der Waals surface area contributed by atoms with Gasteiger partial charge in [-0.15, -0.1) is 0 Å². The van der Waals surface area contributed by atoms with E-state index in [-0.39, 0.29) is 34.7 Å². The molecule has 0 aromatic carbocycles. The predicted octanol–water partition coefficient (Wildman–Crippen LogP) is 3.48. The lowest BCUT2D eigenvalue weighted by Gasteiger charge is -2.58. The van der Waals surface area contributed by atoms with Gasteiger partial charge in [0.05, 0.1) is 12.1 Å². The van der Waals surface area contributed by atoms with E-state index in [1.54, 1.807) is 13.8 Å². The fourth-order valence-corrected chi connectivity index (χ4v) is 8.66. The number of carbonyl (C=O) groups excluding carboxylic acids is 2. The van der Waals surface area contributed by atoms with E-state index >= 15 is 0 Å². The minimum Gasteiger partial charge on any atom is -0.393 e. The Morgan fingerprint density at radius 3 is 2.56 bits per heavy atom. The summed E-state index contributed by atoms with van der Waals surface area (Å²) in [4.78, 5) is 27.0. The lowest BCUT2D eigenvalue weighted by molar-refractivity contribution is -0.139. The highest BCUT2D eigenvalue weighted by Crippen LogP contribution is 2.74. The van der Waals surface area contributed by atoms with Crippen LogP contribution in [-0.2, 0) is 9.59 Å². The second-order valence-corrected chi connectivity index (χ2v) is 10.6. The number of nitrogens with zero attached hydrogens (tertiary/aromatic N) is 1. The molecule has 1 N–H and O–H groups in total. The number of fused-ring (bicyclic) bond motifs is 7. The second-order valence-electron chi connectivity index (χ2n) is 10.6. The lowest BCUT2D eigenvalue weighted by atomic mass is 9.46. The summed E-state index contributed by atoms with van der Waals surface area (Å²) in [7, 11) is 0. The predicted molar refractivity (Wildman–Crippen MR) is 103 cm³/mol. The number of likely N-dealkylation sites (tertiary alicyclic amines) is 1. The van der Waals surface area contributed by atoms with Gasteiger partial charge in [-0.25, -0.2) is 0 Å². The van der Waals surface area contributed by atoms with Gasteiger partial charge in [0.15, 0.2) is 5.78 Å². The molecule has 148 valence electrons. The Balaban J connectivity index is 1.52. The molecule has 8 atom stereocenters. The third kappa shape index (κ3) is 1.89. The number of amides is 1. The summed E-state index contributed by atoms with van der Waals surface area (Å²) in [6.45, 7) is 8.07. The number of hydrogen-bond donors (Lipinski definition) is 1. The van der Waals surface area contributed by atoms with Crippen molar-refractivity contribution in [2.75, 3.05) is 0 Å². The number of aliphatic hydroxyl groups is 1. The first-order valence-corrected chi connectivity index (χ1v) is 10.9. The molecule has 1 aliphatic heterocycles. The van der Waals surface area contributed by atoms with E-state index < -0.39 is 5.54 Å². The first-order chi connectivity index (χ1) is 12.7. The van der Waals surface area contributed by atoms with Crippen molar-refractivity contribution < 1.29 is 14.7 Å². The third-order valence-electron chi connectivity index (χ3n) is 9.80. The Kier molecular flexibility index (Phi) is 3.48. The fraction of sp³-hybridized carbons (Fsp3) is 0.826. The number of piperidine rings is 1. The average Bonchev–Trinajstić information content (AvgIpc) is 3.21. The van der Waals surface area contributed by atoms with E-state index in [1.807, 2.05) is 4.90 Å². The molecule has 0 radical (unpaired) electrons. The molecule has 0 spiro atoms. The van der Waals surface area contributed by atoms with Gasteiger partial charge in [-0.1, -0.05) is 25.5 Å². The van der Waals surface area contributed by atoms with Gasteiger partial charge in [0.2, 0.25) is 5.91 Å². The summed E-state index contributed by atoms with van der Waals surface area (Å²) < 4.78 is 0.